The number of carbonyl (C=O) groups excluding carboxylic acids is 1. The fraction of sp³-hybridized carbons (Fsp3) is 0.421. The summed E-state index contributed by atoms with van der Waals surface area (Å²) in [4.78, 5) is 23.9. The van der Waals surface area contributed by atoms with E-state index in [-0.39, 0.29) is 16.8 Å². The second-order valence-electron chi connectivity index (χ2n) is 6.80. The van der Waals surface area contributed by atoms with Gasteiger partial charge in [-0.1, -0.05) is 11.6 Å². The normalized spacial score (nSPS) is 19.5. The first-order valence-corrected chi connectivity index (χ1v) is 9.41. The minimum atomic E-state index is -0.505. The third kappa shape index (κ3) is 4.04. The number of morpholine rings is 1. The molecule has 4 rings (SSSR count). The Morgan fingerprint density at radius 3 is 2.93 bits per heavy atom. The second kappa shape index (κ2) is 7.78. The van der Waals surface area contributed by atoms with E-state index in [0.717, 1.165) is 36.7 Å². The molecule has 1 aromatic carbocycles. The van der Waals surface area contributed by atoms with E-state index in [1.54, 1.807) is 0 Å². The Morgan fingerprint density at radius 2 is 2.15 bits per heavy atom. The predicted molar refractivity (Wildman–Crippen MR) is 101 cm³/mol. The van der Waals surface area contributed by atoms with Crippen molar-refractivity contribution in [3.8, 4) is 0 Å². The van der Waals surface area contributed by atoms with E-state index in [4.69, 9.17) is 21.3 Å². The monoisotopic (exact) mass is 390 g/mol. The van der Waals surface area contributed by atoms with Crippen molar-refractivity contribution < 1.29 is 13.9 Å². The number of nitrogens with zero attached hydrogens (tertiary/aromatic N) is 3. The fourth-order valence-electron chi connectivity index (χ4n) is 3.45. The number of hydrogen-bond donors (Lipinski definition) is 1. The van der Waals surface area contributed by atoms with Crippen LogP contribution in [0.3, 0.4) is 0 Å². The molecule has 0 radical (unpaired) electrons. The molecule has 1 atom stereocenters. The van der Waals surface area contributed by atoms with Gasteiger partial charge < -0.3 is 15.0 Å². The zero-order valence-corrected chi connectivity index (χ0v) is 15.5. The van der Waals surface area contributed by atoms with Crippen molar-refractivity contribution in [3.63, 3.8) is 0 Å². The minimum Gasteiger partial charge on any atom is -0.378 e. The molecule has 0 bridgehead atoms. The van der Waals surface area contributed by atoms with Crippen LogP contribution in [0, 0.1) is 11.7 Å². The number of fused-ring (bicyclic) bond motifs is 1. The predicted octanol–water partition coefficient (Wildman–Crippen LogP) is 2.85. The quantitative estimate of drug-likeness (QED) is 0.872. The highest BCUT2D eigenvalue weighted by molar-refractivity contribution is 6.31. The van der Waals surface area contributed by atoms with Gasteiger partial charge in [0.15, 0.2) is 0 Å². The Labute approximate surface area is 161 Å². The Hall–Kier alpha value is -2.25. The highest BCUT2D eigenvalue weighted by Crippen LogP contribution is 2.27. The van der Waals surface area contributed by atoms with Gasteiger partial charge in [0.2, 0.25) is 11.9 Å². The van der Waals surface area contributed by atoms with Gasteiger partial charge in [-0.25, -0.2) is 14.4 Å². The zero-order valence-electron chi connectivity index (χ0n) is 14.8. The van der Waals surface area contributed by atoms with Gasteiger partial charge in [-0.15, -0.1) is 0 Å². The van der Waals surface area contributed by atoms with Gasteiger partial charge in [-0.05, 0) is 43.0 Å². The SMILES string of the molecule is O=C(Nc1ccc(F)c(Cl)c1)[C@@H]1CCc2nc(N3CCOCC3)ncc2C1. The summed E-state index contributed by atoms with van der Waals surface area (Å²) in [6.07, 6.45) is 3.88. The number of carbonyl (C=O) groups is 1. The van der Waals surface area contributed by atoms with Gasteiger partial charge in [0, 0.05) is 36.6 Å². The van der Waals surface area contributed by atoms with Crippen LogP contribution in [0.5, 0.6) is 0 Å². The van der Waals surface area contributed by atoms with Crippen LogP contribution < -0.4 is 10.2 Å². The number of ether oxygens (including phenoxy) is 1. The van der Waals surface area contributed by atoms with E-state index < -0.39 is 5.82 Å². The smallest absolute Gasteiger partial charge is 0.227 e. The van der Waals surface area contributed by atoms with Crippen LogP contribution in [0.2, 0.25) is 5.02 Å². The number of hydrogen-bond acceptors (Lipinski definition) is 5. The number of halogens is 2. The van der Waals surface area contributed by atoms with Gasteiger partial charge in [-0.3, -0.25) is 4.79 Å². The maximum Gasteiger partial charge on any atom is 0.227 e. The maximum atomic E-state index is 13.3. The zero-order chi connectivity index (χ0) is 18.8. The summed E-state index contributed by atoms with van der Waals surface area (Å²) in [5, 5.41) is 2.81. The van der Waals surface area contributed by atoms with Gasteiger partial charge >= 0.3 is 0 Å². The van der Waals surface area contributed by atoms with Crippen LogP contribution in [0.4, 0.5) is 16.0 Å². The Morgan fingerprint density at radius 1 is 1.33 bits per heavy atom. The number of benzene rings is 1. The van der Waals surface area contributed by atoms with Crippen molar-refractivity contribution in [1.82, 2.24) is 9.97 Å². The molecule has 1 saturated heterocycles. The molecule has 0 unspecified atom stereocenters. The lowest BCUT2D eigenvalue weighted by Crippen LogP contribution is -2.38. The van der Waals surface area contributed by atoms with Gasteiger partial charge in [0.1, 0.15) is 5.82 Å². The third-order valence-corrected chi connectivity index (χ3v) is 5.28. The summed E-state index contributed by atoms with van der Waals surface area (Å²) in [5.41, 5.74) is 2.52. The van der Waals surface area contributed by atoms with Crippen LogP contribution in [-0.4, -0.2) is 42.2 Å². The molecule has 2 heterocycles. The number of nitrogens with one attached hydrogen (secondary N) is 1. The molecule has 1 fully saturated rings. The van der Waals surface area contributed by atoms with Crippen molar-refractivity contribution in [3.05, 3.63) is 46.5 Å². The molecule has 0 saturated carbocycles. The average molecular weight is 391 g/mol. The molecular weight excluding hydrogens is 371 g/mol. The van der Waals surface area contributed by atoms with Crippen molar-refractivity contribution in [2.24, 2.45) is 5.92 Å². The molecule has 6 nitrogen and oxygen atoms in total. The summed E-state index contributed by atoms with van der Waals surface area (Å²) < 4.78 is 18.6. The summed E-state index contributed by atoms with van der Waals surface area (Å²) in [7, 11) is 0. The largest absolute Gasteiger partial charge is 0.378 e. The molecule has 1 aromatic heterocycles. The van der Waals surface area contributed by atoms with Gasteiger partial charge in [0.25, 0.3) is 0 Å². The van der Waals surface area contributed by atoms with Crippen molar-refractivity contribution in [1.29, 1.82) is 0 Å². The molecule has 1 N–H and O–H groups in total. The summed E-state index contributed by atoms with van der Waals surface area (Å²) in [5.74, 6) is -0.0323. The van der Waals surface area contributed by atoms with E-state index >= 15 is 0 Å². The molecule has 142 valence electrons. The van der Waals surface area contributed by atoms with E-state index in [0.29, 0.717) is 31.7 Å². The summed E-state index contributed by atoms with van der Waals surface area (Å²) >= 11 is 5.77. The number of amides is 1. The van der Waals surface area contributed by atoms with Crippen LogP contribution in [0.25, 0.3) is 0 Å². The number of rotatable bonds is 3. The van der Waals surface area contributed by atoms with Gasteiger partial charge in [-0.2, -0.15) is 0 Å². The number of aryl methyl sites for hydroxylation is 1. The molecule has 8 heteroatoms. The molecule has 2 aromatic rings. The summed E-state index contributed by atoms with van der Waals surface area (Å²) in [6.45, 7) is 2.97. The van der Waals surface area contributed by atoms with E-state index in [1.165, 1.54) is 18.2 Å². The summed E-state index contributed by atoms with van der Waals surface area (Å²) in [6, 6.07) is 4.17. The van der Waals surface area contributed by atoms with E-state index in [1.807, 2.05) is 6.20 Å². The van der Waals surface area contributed by atoms with E-state index in [2.05, 4.69) is 15.2 Å². The van der Waals surface area contributed by atoms with Crippen molar-refractivity contribution in [2.45, 2.75) is 19.3 Å². The average Bonchev–Trinajstić information content (AvgIpc) is 2.70. The molecule has 1 aliphatic carbocycles. The molecular formula is C19H20ClFN4O2. The lowest BCUT2D eigenvalue weighted by molar-refractivity contribution is -0.120. The number of aromatic nitrogens is 2. The minimum absolute atomic E-state index is 0.00849. The van der Waals surface area contributed by atoms with Crippen LogP contribution in [0.15, 0.2) is 24.4 Å². The van der Waals surface area contributed by atoms with Crippen molar-refractivity contribution >= 4 is 29.1 Å². The Kier molecular flexibility index (Phi) is 5.22. The Bertz CT molecular complexity index is 858. The standard InChI is InChI=1S/C19H20ClFN4O2/c20-15-10-14(2-3-16(15)21)23-18(26)12-1-4-17-13(9-12)11-22-19(24-17)25-5-7-27-8-6-25/h2-3,10-12H,1,4-9H2,(H,23,26)/t12-/m1/s1. The lowest BCUT2D eigenvalue weighted by atomic mass is 9.86. The molecule has 27 heavy (non-hydrogen) atoms. The topological polar surface area (TPSA) is 67.4 Å². The number of anilines is 2. The first-order chi connectivity index (χ1) is 13.1. The first-order valence-electron chi connectivity index (χ1n) is 9.03. The van der Waals surface area contributed by atoms with Crippen LogP contribution >= 0.6 is 11.6 Å². The molecule has 2 aliphatic rings. The third-order valence-electron chi connectivity index (χ3n) is 4.99. The second-order valence-corrected chi connectivity index (χ2v) is 7.21. The highest BCUT2D eigenvalue weighted by Gasteiger charge is 2.27. The van der Waals surface area contributed by atoms with Crippen molar-refractivity contribution in [2.75, 3.05) is 36.5 Å². The highest BCUT2D eigenvalue weighted by atomic mass is 35.5. The molecule has 0 spiro atoms. The molecule has 1 amide bonds. The fourth-order valence-corrected chi connectivity index (χ4v) is 3.64. The molecule has 1 aliphatic heterocycles. The van der Waals surface area contributed by atoms with Crippen LogP contribution in [0.1, 0.15) is 17.7 Å². The Balaban J connectivity index is 1.43. The van der Waals surface area contributed by atoms with Crippen LogP contribution in [-0.2, 0) is 22.4 Å². The van der Waals surface area contributed by atoms with E-state index in [9.17, 15) is 9.18 Å². The maximum absolute atomic E-state index is 13.3. The first kappa shape index (κ1) is 18.1. The lowest BCUT2D eigenvalue weighted by Gasteiger charge is -2.28. The van der Waals surface area contributed by atoms with Gasteiger partial charge in [0.05, 0.1) is 18.2 Å².